The van der Waals surface area contributed by atoms with Gasteiger partial charge in [-0.25, -0.2) is 9.48 Å². The number of amides is 2. The van der Waals surface area contributed by atoms with Crippen LogP contribution in [0.5, 0.6) is 0 Å². The van der Waals surface area contributed by atoms with Crippen molar-refractivity contribution in [1.82, 2.24) is 20.4 Å². The molecule has 2 N–H and O–H groups in total. The van der Waals surface area contributed by atoms with Gasteiger partial charge in [-0.1, -0.05) is 84.9 Å². The molecule has 0 saturated carbocycles. The van der Waals surface area contributed by atoms with E-state index in [1.165, 1.54) is 5.39 Å². The molecule has 5 aromatic rings. The summed E-state index contributed by atoms with van der Waals surface area (Å²) in [7, 11) is 0. The van der Waals surface area contributed by atoms with Crippen LogP contribution in [0, 0.1) is 0 Å². The lowest BCUT2D eigenvalue weighted by molar-refractivity contribution is 0.240. The van der Waals surface area contributed by atoms with Crippen LogP contribution in [-0.2, 0) is 13.1 Å². The number of benzene rings is 4. The van der Waals surface area contributed by atoms with Crippen molar-refractivity contribution in [3.8, 4) is 16.9 Å². The number of rotatable bonds is 6. The molecule has 0 bridgehead atoms. The van der Waals surface area contributed by atoms with Crippen molar-refractivity contribution in [3.63, 3.8) is 0 Å². The van der Waals surface area contributed by atoms with E-state index in [0.29, 0.717) is 13.1 Å². The molecule has 5 nitrogen and oxygen atoms in total. The second-order valence-electron chi connectivity index (χ2n) is 7.87. The number of urea groups is 1. The number of carbonyl (C=O) groups excluding carboxylic acids is 1. The molecule has 0 unspecified atom stereocenters. The van der Waals surface area contributed by atoms with Crippen LogP contribution in [0.2, 0.25) is 0 Å². The number of fused-ring (bicyclic) bond motifs is 1. The molecule has 5 heteroatoms. The third-order valence-corrected chi connectivity index (χ3v) is 5.57. The van der Waals surface area contributed by atoms with Gasteiger partial charge in [-0.3, -0.25) is 0 Å². The Labute approximate surface area is 192 Å². The first-order valence-electron chi connectivity index (χ1n) is 10.9. The van der Waals surface area contributed by atoms with Crippen molar-refractivity contribution in [1.29, 1.82) is 0 Å². The van der Waals surface area contributed by atoms with E-state index < -0.39 is 0 Å². The van der Waals surface area contributed by atoms with Gasteiger partial charge in [0.2, 0.25) is 0 Å². The highest BCUT2D eigenvalue weighted by Gasteiger charge is 2.14. The van der Waals surface area contributed by atoms with Gasteiger partial charge < -0.3 is 10.6 Å². The van der Waals surface area contributed by atoms with E-state index in [1.54, 1.807) is 0 Å². The second-order valence-corrected chi connectivity index (χ2v) is 7.87. The molecular formula is C28H24N4O. The Kier molecular flexibility index (Phi) is 5.85. The molecule has 162 valence electrons. The van der Waals surface area contributed by atoms with Crippen molar-refractivity contribution in [3.05, 3.63) is 120 Å². The fourth-order valence-electron chi connectivity index (χ4n) is 3.85. The summed E-state index contributed by atoms with van der Waals surface area (Å²) in [5, 5.41) is 13.1. The van der Waals surface area contributed by atoms with Gasteiger partial charge in [0.15, 0.2) is 0 Å². The second kappa shape index (κ2) is 9.40. The Hall–Kier alpha value is -4.38. The predicted octanol–water partition coefficient (Wildman–Crippen LogP) is 5.69. The molecule has 1 aromatic heterocycles. The van der Waals surface area contributed by atoms with Crippen molar-refractivity contribution < 1.29 is 4.79 Å². The first kappa shape index (κ1) is 20.5. The smallest absolute Gasteiger partial charge is 0.315 e. The minimum absolute atomic E-state index is 0.212. The molecule has 0 saturated heterocycles. The van der Waals surface area contributed by atoms with Crippen LogP contribution < -0.4 is 10.6 Å². The van der Waals surface area contributed by atoms with E-state index >= 15 is 0 Å². The normalized spacial score (nSPS) is 10.8. The largest absolute Gasteiger partial charge is 0.334 e. The predicted molar refractivity (Wildman–Crippen MR) is 132 cm³/mol. The lowest BCUT2D eigenvalue weighted by Gasteiger charge is -2.08. The third kappa shape index (κ3) is 4.77. The van der Waals surface area contributed by atoms with Crippen molar-refractivity contribution in [2.75, 3.05) is 0 Å². The number of nitrogens with one attached hydrogen (secondary N) is 2. The van der Waals surface area contributed by atoms with Crippen LogP contribution in [0.25, 0.3) is 27.7 Å². The first-order chi connectivity index (χ1) is 16.3. The molecule has 0 spiro atoms. The Morgan fingerprint density at radius 1 is 0.727 bits per heavy atom. The number of aromatic nitrogens is 2. The summed E-state index contributed by atoms with van der Waals surface area (Å²) in [6.45, 7) is 0.850. The van der Waals surface area contributed by atoms with E-state index in [2.05, 4.69) is 41.0 Å². The summed E-state index contributed by atoms with van der Waals surface area (Å²) in [6.07, 6.45) is 1.98. The topological polar surface area (TPSA) is 59.0 Å². The first-order valence-corrected chi connectivity index (χ1v) is 10.9. The zero-order valence-corrected chi connectivity index (χ0v) is 18.1. The van der Waals surface area contributed by atoms with Gasteiger partial charge in [-0.05, 0) is 34.5 Å². The van der Waals surface area contributed by atoms with Gasteiger partial charge in [0, 0.05) is 30.4 Å². The molecular weight excluding hydrogens is 408 g/mol. The van der Waals surface area contributed by atoms with Crippen LogP contribution in [-0.4, -0.2) is 15.8 Å². The van der Waals surface area contributed by atoms with Crippen LogP contribution in [0.4, 0.5) is 4.79 Å². The summed E-state index contributed by atoms with van der Waals surface area (Å²) < 4.78 is 1.86. The van der Waals surface area contributed by atoms with E-state index in [1.807, 2.05) is 83.7 Å². The molecule has 2 amide bonds. The Morgan fingerprint density at radius 2 is 1.39 bits per heavy atom. The Bertz CT molecular complexity index is 1380. The quantitative estimate of drug-likeness (QED) is 0.362. The molecule has 0 radical (unpaired) electrons. The van der Waals surface area contributed by atoms with Gasteiger partial charge in [-0.15, -0.1) is 0 Å². The lowest BCUT2D eigenvalue weighted by atomic mass is 10.0. The zero-order valence-electron chi connectivity index (χ0n) is 18.1. The Morgan fingerprint density at radius 3 is 2.18 bits per heavy atom. The van der Waals surface area contributed by atoms with E-state index in [4.69, 9.17) is 5.10 Å². The van der Waals surface area contributed by atoms with Gasteiger partial charge >= 0.3 is 6.03 Å². The Balaban J connectivity index is 1.40. The van der Waals surface area contributed by atoms with Crippen LogP contribution in [0.1, 0.15) is 11.1 Å². The maximum absolute atomic E-state index is 12.4. The minimum atomic E-state index is -0.212. The zero-order chi connectivity index (χ0) is 22.5. The standard InChI is InChI=1S/C28H24N4O/c33-28(29-18-21-9-3-1-4-10-21)30-19-25-20-32(26-13-5-2-6-14-26)31-27(25)24-16-15-22-11-7-8-12-23(22)17-24/h1-17,20H,18-19H2,(H2,29,30,33). The maximum Gasteiger partial charge on any atom is 0.315 e. The monoisotopic (exact) mass is 432 g/mol. The van der Waals surface area contributed by atoms with Gasteiger partial charge in [0.1, 0.15) is 0 Å². The molecule has 0 aliphatic heterocycles. The lowest BCUT2D eigenvalue weighted by Crippen LogP contribution is -2.34. The number of nitrogens with zero attached hydrogens (tertiary/aromatic N) is 2. The SMILES string of the molecule is O=C(NCc1ccccc1)NCc1cn(-c2ccccc2)nc1-c1ccc2ccccc2c1. The van der Waals surface area contributed by atoms with Gasteiger partial charge in [0.05, 0.1) is 11.4 Å². The number of hydrogen-bond acceptors (Lipinski definition) is 2. The average Bonchev–Trinajstić information content (AvgIpc) is 3.31. The highest BCUT2D eigenvalue weighted by Crippen LogP contribution is 2.27. The molecule has 0 aliphatic carbocycles. The van der Waals surface area contributed by atoms with Gasteiger partial charge in [0.25, 0.3) is 0 Å². The summed E-state index contributed by atoms with van der Waals surface area (Å²) in [5.74, 6) is 0. The minimum Gasteiger partial charge on any atom is -0.334 e. The van der Waals surface area contributed by atoms with Crippen LogP contribution in [0.15, 0.2) is 109 Å². The number of carbonyl (C=O) groups is 1. The molecule has 5 rings (SSSR count). The number of hydrogen-bond donors (Lipinski definition) is 2. The fourth-order valence-corrected chi connectivity index (χ4v) is 3.85. The molecule has 4 aromatic carbocycles. The van der Waals surface area contributed by atoms with Crippen LogP contribution in [0.3, 0.4) is 0 Å². The summed E-state index contributed by atoms with van der Waals surface area (Å²) in [6, 6.07) is 34.2. The fraction of sp³-hybridized carbons (Fsp3) is 0.0714. The molecule has 1 heterocycles. The van der Waals surface area contributed by atoms with Crippen molar-refractivity contribution in [2.24, 2.45) is 0 Å². The molecule has 0 aliphatic rings. The van der Waals surface area contributed by atoms with Gasteiger partial charge in [-0.2, -0.15) is 5.10 Å². The molecule has 0 atom stereocenters. The highest BCUT2D eigenvalue weighted by atomic mass is 16.2. The summed E-state index contributed by atoms with van der Waals surface area (Å²) in [5.41, 5.74) is 4.85. The molecule has 33 heavy (non-hydrogen) atoms. The van der Waals surface area contributed by atoms with Crippen LogP contribution >= 0.6 is 0 Å². The average molecular weight is 433 g/mol. The summed E-state index contributed by atoms with van der Waals surface area (Å²) in [4.78, 5) is 12.4. The molecule has 0 fully saturated rings. The van der Waals surface area contributed by atoms with E-state index in [0.717, 1.165) is 33.5 Å². The highest BCUT2D eigenvalue weighted by molar-refractivity contribution is 5.87. The van der Waals surface area contributed by atoms with Crippen molar-refractivity contribution >= 4 is 16.8 Å². The number of para-hydroxylation sites is 1. The van der Waals surface area contributed by atoms with Crippen molar-refractivity contribution in [2.45, 2.75) is 13.1 Å². The summed E-state index contributed by atoms with van der Waals surface area (Å²) >= 11 is 0. The van der Waals surface area contributed by atoms with E-state index in [-0.39, 0.29) is 6.03 Å². The van der Waals surface area contributed by atoms with E-state index in [9.17, 15) is 4.79 Å². The third-order valence-electron chi connectivity index (χ3n) is 5.57. The maximum atomic E-state index is 12.4.